The van der Waals surface area contributed by atoms with Crippen LogP contribution in [0.3, 0.4) is 0 Å². The summed E-state index contributed by atoms with van der Waals surface area (Å²) in [5.74, 6) is 2.36. The van der Waals surface area contributed by atoms with Crippen LogP contribution in [0.5, 0.6) is 0 Å². The normalized spacial score (nSPS) is 14.3. The average Bonchev–Trinajstić information content (AvgIpc) is 3.32. The smallest absolute Gasteiger partial charge is 0.164 e. The number of allylic oxidation sites excluding steroid dienone is 4. The zero-order valence-electron chi connectivity index (χ0n) is 32.3. The van der Waals surface area contributed by atoms with Gasteiger partial charge < -0.3 is 0 Å². The van der Waals surface area contributed by atoms with Crippen LogP contribution < -0.4 is 0 Å². The molecule has 0 saturated carbocycles. The Kier molecular flexibility index (Phi) is 8.66. The van der Waals surface area contributed by atoms with Crippen molar-refractivity contribution in [2.75, 3.05) is 0 Å². The van der Waals surface area contributed by atoms with Gasteiger partial charge in [0.1, 0.15) is 0 Å². The first kappa shape index (κ1) is 34.7. The third-order valence-corrected chi connectivity index (χ3v) is 11.8. The number of hydrogen-bond acceptors (Lipinski definition) is 4. The minimum atomic E-state index is 0.425. The summed E-state index contributed by atoms with van der Waals surface area (Å²) in [6, 6.07) is 64.1. The number of hydrogen-bond donors (Lipinski definition) is 0. The summed E-state index contributed by atoms with van der Waals surface area (Å²) in [5.41, 5.74) is 16.5. The van der Waals surface area contributed by atoms with Crippen LogP contribution in [0, 0.1) is 0 Å². The predicted molar refractivity (Wildman–Crippen MR) is 241 cm³/mol. The lowest BCUT2D eigenvalue weighted by Gasteiger charge is -2.30. The zero-order valence-corrected chi connectivity index (χ0v) is 32.3. The first-order valence-electron chi connectivity index (χ1n) is 20.3. The summed E-state index contributed by atoms with van der Waals surface area (Å²) in [7, 11) is 0. The molecule has 1 atom stereocenters. The van der Waals surface area contributed by atoms with Gasteiger partial charge in [0.05, 0.1) is 5.69 Å². The van der Waals surface area contributed by atoms with Crippen molar-refractivity contribution in [3.63, 3.8) is 0 Å². The molecule has 2 aliphatic rings. The minimum Gasteiger partial charge on any atom is -0.260 e. The van der Waals surface area contributed by atoms with Gasteiger partial charge in [-0.25, -0.2) is 15.0 Å². The van der Waals surface area contributed by atoms with E-state index in [2.05, 4.69) is 158 Å². The molecule has 7 aromatic carbocycles. The molecule has 0 bridgehead atoms. The summed E-state index contributed by atoms with van der Waals surface area (Å²) >= 11 is 0. The van der Waals surface area contributed by atoms with Crippen LogP contribution in [0.4, 0.5) is 0 Å². The lowest BCUT2D eigenvalue weighted by atomic mass is 9.74. The lowest BCUT2D eigenvalue weighted by molar-refractivity contribution is 0.756. The predicted octanol–water partition coefficient (Wildman–Crippen LogP) is 13.5. The van der Waals surface area contributed by atoms with E-state index in [-0.39, 0.29) is 0 Å². The second-order valence-electron chi connectivity index (χ2n) is 15.4. The molecule has 4 heteroatoms. The highest BCUT2D eigenvalue weighted by Crippen LogP contribution is 2.45. The van der Waals surface area contributed by atoms with E-state index < -0.39 is 0 Å². The van der Waals surface area contributed by atoms with Crippen molar-refractivity contribution in [2.45, 2.75) is 18.8 Å². The third kappa shape index (κ3) is 6.65. The third-order valence-electron chi connectivity index (χ3n) is 11.8. The van der Waals surface area contributed by atoms with Crippen LogP contribution in [-0.2, 0) is 6.42 Å². The highest BCUT2D eigenvalue weighted by molar-refractivity contribution is 5.91. The molecule has 59 heavy (non-hydrogen) atoms. The fourth-order valence-electron chi connectivity index (χ4n) is 8.75. The number of benzene rings is 7. The lowest BCUT2D eigenvalue weighted by Crippen LogP contribution is -2.15. The van der Waals surface area contributed by atoms with E-state index in [1.807, 2.05) is 42.6 Å². The van der Waals surface area contributed by atoms with E-state index in [0.29, 0.717) is 23.4 Å². The van der Waals surface area contributed by atoms with Gasteiger partial charge in [-0.1, -0.05) is 188 Å². The van der Waals surface area contributed by atoms with Crippen molar-refractivity contribution in [1.29, 1.82) is 0 Å². The minimum absolute atomic E-state index is 0.425. The molecule has 0 saturated heterocycles. The van der Waals surface area contributed by atoms with Crippen molar-refractivity contribution in [2.24, 2.45) is 0 Å². The second-order valence-corrected chi connectivity index (χ2v) is 15.4. The Labute approximate surface area is 344 Å². The number of pyridine rings is 1. The summed E-state index contributed by atoms with van der Waals surface area (Å²) in [5, 5.41) is 2.65. The molecule has 11 rings (SSSR count). The summed E-state index contributed by atoms with van der Waals surface area (Å²) in [4.78, 5) is 19.7. The maximum absolute atomic E-state index is 4.99. The molecule has 2 heterocycles. The van der Waals surface area contributed by atoms with Crippen LogP contribution in [0.1, 0.15) is 29.2 Å². The van der Waals surface area contributed by atoms with Crippen LogP contribution in [-0.4, -0.2) is 19.9 Å². The van der Waals surface area contributed by atoms with Crippen molar-refractivity contribution in [3.8, 4) is 67.5 Å². The average molecular weight is 755 g/mol. The van der Waals surface area contributed by atoms with Crippen molar-refractivity contribution >= 4 is 16.3 Å². The largest absolute Gasteiger partial charge is 0.260 e. The molecular formula is C55H38N4. The molecule has 2 aromatic heterocycles. The molecule has 0 aliphatic heterocycles. The summed E-state index contributed by atoms with van der Waals surface area (Å²) < 4.78 is 0. The van der Waals surface area contributed by atoms with Gasteiger partial charge >= 0.3 is 0 Å². The van der Waals surface area contributed by atoms with E-state index in [4.69, 9.17) is 19.9 Å². The molecule has 4 nitrogen and oxygen atoms in total. The van der Waals surface area contributed by atoms with E-state index in [0.717, 1.165) is 46.2 Å². The maximum atomic E-state index is 4.99. The molecule has 1 unspecified atom stereocenters. The Morgan fingerprint density at radius 1 is 0.407 bits per heavy atom. The Balaban J connectivity index is 0.842. The number of aromatic nitrogens is 4. The van der Waals surface area contributed by atoms with Crippen molar-refractivity contribution < 1.29 is 0 Å². The molecule has 0 fully saturated rings. The van der Waals surface area contributed by atoms with Gasteiger partial charge in [0, 0.05) is 40.6 Å². The molecule has 2 aliphatic carbocycles. The number of fused-ring (bicyclic) bond motifs is 2. The Bertz CT molecular complexity index is 3050. The monoisotopic (exact) mass is 754 g/mol. The molecule has 0 N–H and O–H groups in total. The Morgan fingerprint density at radius 3 is 1.49 bits per heavy atom. The molecule has 278 valence electrons. The van der Waals surface area contributed by atoms with Gasteiger partial charge in [-0.3, -0.25) is 4.98 Å². The zero-order chi connectivity index (χ0) is 39.1. The van der Waals surface area contributed by atoms with Gasteiger partial charge in [-0.15, -0.1) is 0 Å². The summed E-state index contributed by atoms with van der Waals surface area (Å²) in [6.07, 6.45) is 8.71. The molecule has 9 aromatic rings. The van der Waals surface area contributed by atoms with Gasteiger partial charge in [-0.2, -0.15) is 0 Å². The van der Waals surface area contributed by atoms with Crippen LogP contribution in [0.15, 0.2) is 206 Å². The van der Waals surface area contributed by atoms with E-state index in [1.54, 1.807) is 0 Å². The maximum Gasteiger partial charge on any atom is 0.164 e. The Hall–Kier alpha value is -7.56. The van der Waals surface area contributed by atoms with Crippen molar-refractivity contribution in [1.82, 2.24) is 19.9 Å². The van der Waals surface area contributed by atoms with Crippen molar-refractivity contribution in [3.05, 3.63) is 223 Å². The quantitative estimate of drug-likeness (QED) is 0.163. The van der Waals surface area contributed by atoms with Gasteiger partial charge in [0.2, 0.25) is 0 Å². The fourth-order valence-corrected chi connectivity index (χ4v) is 8.75. The first-order valence-corrected chi connectivity index (χ1v) is 20.3. The van der Waals surface area contributed by atoms with Gasteiger partial charge in [-0.05, 0) is 74.0 Å². The van der Waals surface area contributed by atoms with Crippen LogP contribution >= 0.6 is 0 Å². The van der Waals surface area contributed by atoms with Crippen LogP contribution in [0.25, 0.3) is 83.9 Å². The number of rotatable bonds is 7. The molecule has 0 spiro atoms. The van der Waals surface area contributed by atoms with Gasteiger partial charge in [0.25, 0.3) is 0 Å². The van der Waals surface area contributed by atoms with Crippen LogP contribution in [0.2, 0.25) is 0 Å². The first-order chi connectivity index (χ1) is 29.2. The SMILES string of the molecule is C1=C(c2cccc(-c3ccc(-c4ccc(-c5nc(-c6ccccc6)nc(-c6ccc(-c7ccccc7)cc6)n5)cc4)cc3)c2)C=C2Cc3nccc4cccc(c34)C2C1. The standard InChI is InChI=1S/C55H38N4/c1-3-9-36(10-4-1)37-21-25-43(26-22-37)54-57-53(42-11-5-2-6-12-42)58-55(59-54)44-27-23-39(24-28-44)38-17-19-40(20-18-38)45-14-7-15-46(33-45)47-29-30-49-48(34-47)35-51-52-41(31-32-56-51)13-8-16-50(49)52/h1-29,31-34,49H,30,35H2. The highest BCUT2D eigenvalue weighted by Gasteiger charge is 2.28. The fraction of sp³-hybridized carbons (Fsp3) is 0.0545. The molecule has 0 radical (unpaired) electrons. The van der Waals surface area contributed by atoms with E-state index >= 15 is 0 Å². The van der Waals surface area contributed by atoms with E-state index in [9.17, 15) is 0 Å². The topological polar surface area (TPSA) is 51.6 Å². The van der Waals surface area contributed by atoms with Gasteiger partial charge in [0.15, 0.2) is 17.5 Å². The molecular weight excluding hydrogens is 717 g/mol. The summed E-state index contributed by atoms with van der Waals surface area (Å²) in [6.45, 7) is 0. The van der Waals surface area contributed by atoms with E-state index in [1.165, 1.54) is 55.4 Å². The Morgan fingerprint density at radius 2 is 0.881 bits per heavy atom. The molecule has 0 amide bonds. The highest BCUT2D eigenvalue weighted by atomic mass is 15.0. The second kappa shape index (κ2) is 14.7. The number of nitrogens with zero attached hydrogens (tertiary/aromatic N) is 4.